The number of carbonyl (C=O) groups is 2. The topological polar surface area (TPSA) is 145 Å². The molecule has 0 aliphatic carbocycles. The van der Waals surface area contributed by atoms with Gasteiger partial charge in [0.1, 0.15) is 0 Å². The Hall–Kier alpha value is -1.14. The van der Waals surface area contributed by atoms with Crippen molar-refractivity contribution in [3.8, 4) is 0 Å². The molecule has 0 aromatic carbocycles. The first-order chi connectivity index (χ1) is 3.63. The minimum absolute atomic E-state index is 0. The fourth-order valence-corrected chi connectivity index (χ4v) is 0.175. The third-order valence-corrected chi connectivity index (χ3v) is 0.451. The molecule has 0 rings (SSSR count). The molecule has 6 heteroatoms. The van der Waals surface area contributed by atoms with Crippen molar-refractivity contribution in [3.05, 3.63) is 6.42 Å². The van der Waals surface area contributed by atoms with Gasteiger partial charge in [-0.15, -0.1) is 0 Å². The lowest BCUT2D eigenvalue weighted by Crippen LogP contribution is -2.01. The molecule has 0 aliphatic heterocycles. The molecular weight excluding hydrogens is 140 g/mol. The number of hydrogen-bond acceptors (Lipinski definition) is 4. The molecule has 0 unspecified atom stereocenters. The van der Waals surface area contributed by atoms with E-state index >= 15 is 0 Å². The SMILES string of the molecule is N.N.O=C(O)[CH]CC(=O)O. The van der Waals surface area contributed by atoms with Crippen LogP contribution in [0.1, 0.15) is 6.42 Å². The third-order valence-electron chi connectivity index (χ3n) is 0.451. The summed E-state index contributed by atoms with van der Waals surface area (Å²) in [5.41, 5.74) is 0. The van der Waals surface area contributed by atoms with Crippen molar-refractivity contribution in [2.45, 2.75) is 6.42 Å². The Kier molecular flexibility index (Phi) is 12.5. The van der Waals surface area contributed by atoms with E-state index in [-0.39, 0.29) is 12.3 Å². The van der Waals surface area contributed by atoms with Crippen molar-refractivity contribution < 1.29 is 19.8 Å². The first-order valence-electron chi connectivity index (χ1n) is 1.91. The molecule has 0 atom stereocenters. The zero-order valence-corrected chi connectivity index (χ0v) is 5.41. The van der Waals surface area contributed by atoms with Gasteiger partial charge >= 0.3 is 11.9 Å². The standard InChI is InChI=1S/C4H5O4.2H3N/c5-3(6)1-2-4(7)8;;/h1H,2H2,(H,5,6)(H,7,8);2*1H3. The number of aliphatic carboxylic acids is 2. The van der Waals surface area contributed by atoms with Crippen LogP contribution < -0.4 is 12.3 Å². The minimum Gasteiger partial charge on any atom is -0.481 e. The van der Waals surface area contributed by atoms with Crippen LogP contribution in [0.3, 0.4) is 0 Å². The van der Waals surface area contributed by atoms with Gasteiger partial charge in [-0.05, 0) is 0 Å². The van der Waals surface area contributed by atoms with Gasteiger partial charge < -0.3 is 22.5 Å². The highest BCUT2D eigenvalue weighted by molar-refractivity contribution is 5.83. The van der Waals surface area contributed by atoms with Crippen LogP contribution in [0, 0.1) is 6.42 Å². The van der Waals surface area contributed by atoms with Gasteiger partial charge in [0, 0.05) is 0 Å². The van der Waals surface area contributed by atoms with Gasteiger partial charge in [0.15, 0.2) is 0 Å². The van der Waals surface area contributed by atoms with Gasteiger partial charge in [-0.2, -0.15) is 0 Å². The van der Waals surface area contributed by atoms with Crippen molar-refractivity contribution in [2.75, 3.05) is 0 Å². The predicted octanol–water partition coefficient (Wildman–Crippen LogP) is 0.0740. The normalized spacial score (nSPS) is 6.80. The van der Waals surface area contributed by atoms with Crippen LogP contribution in [-0.2, 0) is 9.59 Å². The van der Waals surface area contributed by atoms with E-state index in [0.717, 1.165) is 0 Å². The van der Waals surface area contributed by atoms with E-state index < -0.39 is 18.4 Å². The van der Waals surface area contributed by atoms with E-state index in [0.29, 0.717) is 6.42 Å². The summed E-state index contributed by atoms with van der Waals surface area (Å²) in [6.45, 7) is 0. The maximum atomic E-state index is 9.61. The predicted molar refractivity (Wildman–Crippen MR) is 34.2 cm³/mol. The van der Waals surface area contributed by atoms with Crippen LogP contribution in [0.25, 0.3) is 0 Å². The molecule has 0 heterocycles. The van der Waals surface area contributed by atoms with Crippen LogP contribution >= 0.6 is 0 Å². The first-order valence-corrected chi connectivity index (χ1v) is 1.91. The van der Waals surface area contributed by atoms with Crippen molar-refractivity contribution in [1.82, 2.24) is 12.3 Å². The van der Waals surface area contributed by atoms with Crippen molar-refractivity contribution in [2.24, 2.45) is 0 Å². The Balaban J connectivity index is -0.000000245. The Morgan fingerprint density at radius 2 is 1.60 bits per heavy atom. The quantitative estimate of drug-likeness (QED) is 0.449. The molecule has 61 valence electrons. The molecule has 0 aromatic rings. The van der Waals surface area contributed by atoms with Gasteiger partial charge in [0.05, 0.1) is 12.8 Å². The molecule has 0 spiro atoms. The van der Waals surface area contributed by atoms with E-state index in [1.54, 1.807) is 0 Å². The molecule has 1 radical (unpaired) electrons. The third kappa shape index (κ3) is 15.8. The first kappa shape index (κ1) is 15.9. The van der Waals surface area contributed by atoms with Crippen LogP contribution in [0.2, 0.25) is 0 Å². The van der Waals surface area contributed by atoms with Crippen LogP contribution in [-0.4, -0.2) is 22.2 Å². The van der Waals surface area contributed by atoms with Gasteiger partial charge in [0.2, 0.25) is 0 Å². The summed E-state index contributed by atoms with van der Waals surface area (Å²) in [5.74, 6) is -2.33. The van der Waals surface area contributed by atoms with Gasteiger partial charge in [0.25, 0.3) is 0 Å². The molecule has 0 saturated heterocycles. The van der Waals surface area contributed by atoms with Crippen LogP contribution in [0.15, 0.2) is 0 Å². The second kappa shape index (κ2) is 7.86. The summed E-state index contributed by atoms with van der Waals surface area (Å²) in [4.78, 5) is 19.2. The van der Waals surface area contributed by atoms with E-state index in [1.807, 2.05) is 0 Å². The number of hydrogen-bond donors (Lipinski definition) is 4. The molecule has 0 aliphatic rings. The molecule has 10 heavy (non-hydrogen) atoms. The Morgan fingerprint density at radius 1 is 1.20 bits per heavy atom. The fraction of sp³-hybridized carbons (Fsp3) is 0.250. The lowest BCUT2D eigenvalue weighted by atomic mass is 10.3. The summed E-state index contributed by atoms with van der Waals surface area (Å²) < 4.78 is 0. The zero-order valence-electron chi connectivity index (χ0n) is 5.41. The summed E-state index contributed by atoms with van der Waals surface area (Å²) in [6.07, 6.45) is 0.262. The molecule has 0 bridgehead atoms. The Morgan fingerprint density at radius 3 is 1.70 bits per heavy atom. The lowest BCUT2D eigenvalue weighted by Gasteiger charge is -1.84. The average molecular weight is 151 g/mol. The molecule has 0 saturated carbocycles. The number of carboxylic acids is 2. The number of rotatable bonds is 3. The van der Waals surface area contributed by atoms with Gasteiger partial charge in [-0.25, -0.2) is 0 Å². The van der Waals surface area contributed by atoms with E-state index in [4.69, 9.17) is 10.2 Å². The number of carboxylic acid groups (broad SMARTS) is 2. The van der Waals surface area contributed by atoms with Crippen molar-refractivity contribution >= 4 is 11.9 Å². The lowest BCUT2D eigenvalue weighted by molar-refractivity contribution is -0.140. The highest BCUT2D eigenvalue weighted by Gasteiger charge is 2.01. The van der Waals surface area contributed by atoms with Crippen LogP contribution in [0.5, 0.6) is 0 Å². The second-order valence-electron chi connectivity index (χ2n) is 1.14. The van der Waals surface area contributed by atoms with Gasteiger partial charge in [-0.1, -0.05) is 0 Å². The molecule has 6 nitrogen and oxygen atoms in total. The monoisotopic (exact) mass is 151 g/mol. The largest absolute Gasteiger partial charge is 0.481 e. The van der Waals surface area contributed by atoms with E-state index in [9.17, 15) is 9.59 Å². The summed E-state index contributed by atoms with van der Waals surface area (Å²) in [7, 11) is 0. The van der Waals surface area contributed by atoms with Crippen molar-refractivity contribution in [1.29, 1.82) is 0 Å². The average Bonchev–Trinajstić information content (AvgIpc) is 1.61. The minimum atomic E-state index is -1.20. The second-order valence-corrected chi connectivity index (χ2v) is 1.14. The smallest absolute Gasteiger partial charge is 0.307 e. The summed E-state index contributed by atoms with van der Waals surface area (Å²) in [6, 6.07) is 0. The fourth-order valence-electron chi connectivity index (χ4n) is 0.175. The molecular formula is C4H11N2O4. The van der Waals surface area contributed by atoms with E-state index in [2.05, 4.69) is 0 Å². The summed E-state index contributed by atoms with van der Waals surface area (Å²) in [5, 5.41) is 15.7. The highest BCUT2D eigenvalue weighted by Crippen LogP contribution is 1.84. The highest BCUT2D eigenvalue weighted by atomic mass is 16.4. The maximum Gasteiger partial charge on any atom is 0.307 e. The molecule has 0 aromatic heterocycles. The maximum absolute atomic E-state index is 9.61. The van der Waals surface area contributed by atoms with Crippen molar-refractivity contribution in [3.63, 3.8) is 0 Å². The Bertz CT molecular complexity index is 99.8. The summed E-state index contributed by atoms with van der Waals surface area (Å²) >= 11 is 0. The van der Waals surface area contributed by atoms with E-state index in [1.165, 1.54) is 0 Å². The van der Waals surface area contributed by atoms with Gasteiger partial charge in [-0.3, -0.25) is 9.59 Å². The molecule has 0 amide bonds. The molecule has 8 N–H and O–H groups in total. The van der Waals surface area contributed by atoms with Crippen LogP contribution in [0.4, 0.5) is 0 Å². The Labute approximate surface area is 58.0 Å². The molecule has 0 fully saturated rings. The zero-order chi connectivity index (χ0) is 6.57.